The van der Waals surface area contributed by atoms with Gasteiger partial charge >= 0.3 is 0 Å². The van der Waals surface area contributed by atoms with Crippen molar-refractivity contribution in [2.45, 2.75) is 56.7 Å². The fraction of sp³-hybridized carbons (Fsp3) is 0.552. The van der Waals surface area contributed by atoms with Crippen molar-refractivity contribution in [3.05, 3.63) is 45.0 Å². The van der Waals surface area contributed by atoms with Gasteiger partial charge in [0.05, 0.1) is 11.6 Å². The number of aromatic hydroxyl groups is 1. The third-order valence-electron chi connectivity index (χ3n) is 9.86. The van der Waals surface area contributed by atoms with Gasteiger partial charge in [-0.25, -0.2) is 4.39 Å². The van der Waals surface area contributed by atoms with Crippen LogP contribution >= 0.6 is 0 Å². The van der Waals surface area contributed by atoms with Gasteiger partial charge in [-0.3, -0.25) is 24.2 Å². The van der Waals surface area contributed by atoms with Gasteiger partial charge in [-0.1, -0.05) is 6.92 Å². The van der Waals surface area contributed by atoms with Crippen molar-refractivity contribution in [1.29, 1.82) is 0 Å². The molecule has 4 aliphatic carbocycles. The highest BCUT2D eigenvalue weighted by atomic mass is 19.1. The number of halogens is 1. The fourth-order valence-electron chi connectivity index (χ4n) is 8.28. The fourth-order valence-corrected chi connectivity index (χ4v) is 8.28. The normalized spacial score (nSPS) is 33.2. The van der Waals surface area contributed by atoms with E-state index < -0.39 is 63.9 Å². The van der Waals surface area contributed by atoms with Crippen LogP contribution < -0.4 is 5.73 Å². The largest absolute Gasteiger partial charge is 0.508 e. The number of phenolic OH excluding ortho intramolecular Hbond substituents is 1. The molecule has 0 unspecified atom stereocenters. The van der Waals surface area contributed by atoms with Crippen molar-refractivity contribution in [2.24, 2.45) is 23.5 Å². The van der Waals surface area contributed by atoms with Gasteiger partial charge in [0, 0.05) is 34.2 Å². The molecule has 1 aliphatic heterocycles. The van der Waals surface area contributed by atoms with Crippen molar-refractivity contribution < 1.29 is 39.2 Å². The van der Waals surface area contributed by atoms with Crippen molar-refractivity contribution in [3.63, 3.8) is 0 Å². The summed E-state index contributed by atoms with van der Waals surface area (Å²) in [6, 6.07) is -1.35. The highest BCUT2D eigenvalue weighted by Gasteiger charge is 2.64. The number of carbonyl (C=O) groups is 3. The van der Waals surface area contributed by atoms with Crippen LogP contribution in [-0.4, -0.2) is 86.5 Å². The first kappa shape index (κ1) is 26.9. The number of benzene rings is 1. The molecule has 0 spiro atoms. The molecule has 1 saturated heterocycles. The lowest BCUT2D eigenvalue weighted by Crippen LogP contribution is -2.65. The lowest BCUT2D eigenvalue weighted by molar-refractivity contribution is -0.153. The molecule has 1 aromatic carbocycles. The van der Waals surface area contributed by atoms with Crippen LogP contribution in [0, 0.1) is 23.6 Å². The number of carbonyl (C=O) groups excluding carboxylic acids is 3. The SMILES string of the molecule is CCCN1CC[C@H]2Cc3c(O)c4c(c(F)c3[C@H]21)C[C@H]1C[C@H]2[C@H](N(C)C)C(=O)C(C(N)=O)=C(O)[C@@]2(O)C(=O)C1=C4O. The Labute approximate surface area is 230 Å². The zero-order chi connectivity index (χ0) is 29.0. The Morgan fingerprint density at radius 1 is 1.18 bits per heavy atom. The van der Waals surface area contributed by atoms with E-state index >= 15 is 4.39 Å². The number of Topliss-reactive ketones (excluding diaryl/α,β-unsaturated/α-hetero) is 2. The Kier molecular flexibility index (Phi) is 5.96. The summed E-state index contributed by atoms with van der Waals surface area (Å²) in [7, 11) is 3.07. The van der Waals surface area contributed by atoms with E-state index in [1.54, 1.807) is 0 Å². The van der Waals surface area contributed by atoms with Crippen molar-refractivity contribution in [2.75, 3.05) is 27.2 Å². The predicted octanol–water partition coefficient (Wildman–Crippen LogP) is 1.43. The van der Waals surface area contributed by atoms with Crippen LogP contribution in [0.4, 0.5) is 4.39 Å². The number of aliphatic hydroxyl groups excluding tert-OH is 2. The minimum Gasteiger partial charge on any atom is -0.508 e. The monoisotopic (exact) mass is 555 g/mol. The Balaban J connectivity index is 1.53. The summed E-state index contributed by atoms with van der Waals surface area (Å²) < 4.78 is 16.4. The Hall–Kier alpha value is -3.28. The summed E-state index contributed by atoms with van der Waals surface area (Å²) >= 11 is 0. The van der Waals surface area contributed by atoms with Gasteiger partial charge in [0.2, 0.25) is 5.78 Å². The molecule has 0 bridgehead atoms. The van der Waals surface area contributed by atoms with Crippen LogP contribution in [0.1, 0.15) is 54.5 Å². The summed E-state index contributed by atoms with van der Waals surface area (Å²) in [6.07, 6.45) is 2.09. The molecule has 0 radical (unpaired) electrons. The standard InChI is InChI=1S/C29H34FN3O7/c1-4-6-33-7-5-11-8-14-17(21(11)33)20(30)13-9-12-10-15-22(32(2)3)25(36)19(28(31)39)27(38)29(15,40)26(37)16(12)24(35)18(13)23(14)34/h11-12,15,21-22,34-35,38,40H,4-10H2,1-3H3,(H2,31,39)/t11-,12-,15-,21-,22-,29-/m0/s1. The molecule has 1 heterocycles. The molecular weight excluding hydrogens is 521 g/mol. The molecule has 1 saturated carbocycles. The molecule has 6 N–H and O–H groups in total. The number of aliphatic hydroxyl groups is 3. The number of nitrogens with two attached hydrogens (primary N) is 1. The zero-order valence-corrected chi connectivity index (χ0v) is 22.7. The van der Waals surface area contributed by atoms with Crippen LogP contribution in [0.2, 0.25) is 0 Å². The van der Waals surface area contributed by atoms with Crippen LogP contribution in [0.3, 0.4) is 0 Å². The first-order valence-corrected chi connectivity index (χ1v) is 13.8. The molecule has 6 atom stereocenters. The van der Waals surface area contributed by atoms with Gasteiger partial charge in [0.25, 0.3) is 5.91 Å². The number of rotatable bonds is 4. The first-order valence-electron chi connectivity index (χ1n) is 13.8. The summed E-state index contributed by atoms with van der Waals surface area (Å²) in [4.78, 5) is 43.0. The molecule has 214 valence electrons. The quantitative estimate of drug-likeness (QED) is 0.346. The smallest absolute Gasteiger partial charge is 0.255 e. The molecular formula is C29H34FN3O7. The number of ketones is 2. The molecule has 1 aromatic rings. The van der Waals surface area contributed by atoms with Crippen LogP contribution in [0.15, 0.2) is 16.9 Å². The van der Waals surface area contributed by atoms with E-state index in [4.69, 9.17) is 5.73 Å². The number of primary amides is 1. The van der Waals surface area contributed by atoms with E-state index in [1.807, 2.05) is 0 Å². The molecule has 11 heteroatoms. The average molecular weight is 556 g/mol. The summed E-state index contributed by atoms with van der Waals surface area (Å²) in [5.41, 5.74) is 2.31. The summed E-state index contributed by atoms with van der Waals surface area (Å²) in [5.74, 6) is -7.65. The maximum atomic E-state index is 16.4. The highest BCUT2D eigenvalue weighted by molar-refractivity contribution is 6.24. The van der Waals surface area contributed by atoms with E-state index in [-0.39, 0.29) is 47.3 Å². The lowest BCUT2D eigenvalue weighted by atomic mass is 9.57. The molecule has 6 rings (SSSR count). The van der Waals surface area contributed by atoms with Gasteiger partial charge < -0.3 is 26.2 Å². The van der Waals surface area contributed by atoms with E-state index in [9.17, 15) is 34.8 Å². The number of hydrogen-bond donors (Lipinski definition) is 5. The summed E-state index contributed by atoms with van der Waals surface area (Å²) in [6.45, 7) is 3.71. The average Bonchev–Trinajstić information content (AvgIpc) is 3.45. The summed E-state index contributed by atoms with van der Waals surface area (Å²) in [5, 5.41) is 45.5. The molecule has 10 nitrogen and oxygen atoms in total. The van der Waals surface area contributed by atoms with Crippen molar-refractivity contribution >= 4 is 23.2 Å². The van der Waals surface area contributed by atoms with E-state index in [1.165, 1.54) is 19.0 Å². The number of hydrogen-bond acceptors (Lipinski definition) is 9. The van der Waals surface area contributed by atoms with Crippen LogP contribution in [-0.2, 0) is 27.2 Å². The number of likely N-dealkylation sites (tertiary alicyclic amines) is 1. The van der Waals surface area contributed by atoms with Gasteiger partial charge in [-0.2, -0.15) is 0 Å². The van der Waals surface area contributed by atoms with Gasteiger partial charge in [0.1, 0.15) is 28.7 Å². The van der Waals surface area contributed by atoms with E-state index in [2.05, 4.69) is 11.8 Å². The maximum absolute atomic E-state index is 16.4. The topological polar surface area (TPSA) is 165 Å². The van der Waals surface area contributed by atoms with Crippen LogP contribution in [0.25, 0.3) is 5.76 Å². The van der Waals surface area contributed by atoms with Crippen LogP contribution in [0.5, 0.6) is 5.75 Å². The van der Waals surface area contributed by atoms with Gasteiger partial charge in [0.15, 0.2) is 11.4 Å². The minimum atomic E-state index is -2.72. The second-order valence-electron chi connectivity index (χ2n) is 12.1. The molecule has 5 aliphatic rings. The van der Waals surface area contributed by atoms with Gasteiger partial charge in [-0.05, 0) is 71.1 Å². The van der Waals surface area contributed by atoms with Gasteiger partial charge in [-0.15, -0.1) is 0 Å². The third-order valence-corrected chi connectivity index (χ3v) is 9.86. The molecule has 0 aromatic heterocycles. The van der Waals surface area contributed by atoms with E-state index in [0.29, 0.717) is 17.5 Å². The molecule has 1 amide bonds. The molecule has 40 heavy (non-hydrogen) atoms. The zero-order valence-electron chi connectivity index (χ0n) is 22.7. The Morgan fingerprint density at radius 2 is 1.88 bits per heavy atom. The number of phenols is 1. The second-order valence-corrected chi connectivity index (χ2v) is 12.1. The predicted molar refractivity (Wildman–Crippen MR) is 141 cm³/mol. The van der Waals surface area contributed by atoms with Crippen molar-refractivity contribution in [1.82, 2.24) is 9.80 Å². The maximum Gasteiger partial charge on any atom is 0.255 e. The highest BCUT2D eigenvalue weighted by Crippen LogP contribution is 2.57. The number of fused-ring (bicyclic) bond motifs is 6. The lowest BCUT2D eigenvalue weighted by Gasteiger charge is -2.50. The Morgan fingerprint density at radius 3 is 2.50 bits per heavy atom. The molecule has 2 fully saturated rings. The number of amides is 1. The minimum absolute atomic E-state index is 0.0492. The van der Waals surface area contributed by atoms with E-state index in [0.717, 1.165) is 25.9 Å². The first-order chi connectivity index (χ1) is 18.9. The number of nitrogens with zero attached hydrogens (tertiary/aromatic N) is 2. The second kappa shape index (κ2) is 8.86. The van der Waals surface area contributed by atoms with Crippen molar-refractivity contribution in [3.8, 4) is 5.75 Å². The number of likely N-dealkylation sites (N-methyl/N-ethyl adjacent to an activating group) is 1. The Bertz CT molecular complexity index is 1450. The third kappa shape index (κ3) is 3.22.